The highest BCUT2D eigenvalue weighted by Gasteiger charge is 2.28. The molecule has 1 atom stereocenters. The molecule has 9 aromatic carbocycles. The lowest BCUT2D eigenvalue weighted by Crippen LogP contribution is -2.31. The van der Waals surface area contributed by atoms with Gasteiger partial charge in [0, 0.05) is 97.1 Å². The zero-order valence-electron chi connectivity index (χ0n) is 64.3. The molecule has 0 bridgehead atoms. The molecule has 516 valence electrons. The monoisotopic (exact) mass is 1390 g/mol. The van der Waals surface area contributed by atoms with Crippen molar-refractivity contribution in [3.05, 3.63) is 289 Å². The molecule has 12 heterocycles. The van der Waals surface area contributed by atoms with Crippen LogP contribution in [0.1, 0.15) is 58.5 Å². The highest BCUT2D eigenvalue weighted by Crippen LogP contribution is 2.46. The van der Waals surface area contributed by atoms with Crippen molar-refractivity contribution in [2.45, 2.75) is 54.3 Å². The molecule has 12 heteroatoms. The Labute approximate surface area is 615 Å². The number of fused-ring (bicyclic) bond motifs is 20. The van der Waals surface area contributed by atoms with Crippen LogP contribution in [0.15, 0.2) is 291 Å². The van der Waals surface area contributed by atoms with Crippen molar-refractivity contribution >= 4 is 132 Å². The minimum absolute atomic E-state index is 0.428. The van der Waals surface area contributed by atoms with E-state index in [9.17, 15) is 0 Å². The van der Waals surface area contributed by atoms with Crippen molar-refractivity contribution in [2.75, 3.05) is 0 Å². The smallest absolute Gasteiger partial charge is 0.299 e. The predicted molar refractivity (Wildman–Crippen MR) is 424 cm³/mol. The predicted octanol–water partition coefficient (Wildman–Crippen LogP) is 23.6. The van der Waals surface area contributed by atoms with Crippen LogP contribution in [0.3, 0.4) is 0 Å². The van der Waals surface area contributed by atoms with Gasteiger partial charge in [-0.2, -0.15) is 0 Å². The lowest BCUT2D eigenvalue weighted by molar-refractivity contribution is -0.660. The van der Waals surface area contributed by atoms with Gasteiger partial charge in [-0.15, -0.1) is 0 Å². The van der Waals surface area contributed by atoms with Crippen LogP contribution in [0.4, 0.5) is 0 Å². The van der Waals surface area contributed by atoms with Crippen LogP contribution in [0.2, 0.25) is 0 Å². The van der Waals surface area contributed by atoms with E-state index in [-0.39, 0.29) is 0 Å². The zero-order chi connectivity index (χ0) is 75.8. The number of nitrogens with zero attached hydrogens (tertiary/aromatic N) is 4. The first-order chi connectivity index (χ1) is 53.1. The van der Waals surface area contributed by atoms with E-state index in [4.69, 9.17) is 40.8 Å². The molecule has 0 spiro atoms. The van der Waals surface area contributed by atoms with Crippen molar-refractivity contribution < 1.29 is 59.1 Å². The molecule has 12 aromatic heterocycles. The van der Waals surface area contributed by atoms with Gasteiger partial charge in [0.2, 0.25) is 22.8 Å². The minimum atomic E-state index is -2.45. The maximum absolute atomic E-state index is 8.51. The maximum Gasteiger partial charge on any atom is 0.299 e. The number of aryl methyl sites for hydroxylation is 9. The van der Waals surface area contributed by atoms with Gasteiger partial charge in [0.1, 0.15) is 61.7 Å². The van der Waals surface area contributed by atoms with Gasteiger partial charge in [0.25, 0.3) is 23.1 Å². The third kappa shape index (κ3) is 11.0. The third-order valence-electron chi connectivity index (χ3n) is 20.8. The first kappa shape index (κ1) is 60.5. The summed E-state index contributed by atoms with van der Waals surface area (Å²) in [5.41, 5.74) is 23.8. The Morgan fingerprint density at radius 1 is 0.302 bits per heavy atom. The minimum Gasteiger partial charge on any atom is -0.425 e. The van der Waals surface area contributed by atoms with Gasteiger partial charge < -0.3 is 35.3 Å². The normalized spacial score (nSPS) is 13.0. The number of benzene rings is 9. The van der Waals surface area contributed by atoms with Gasteiger partial charge in [-0.05, 0) is 140 Å². The quantitative estimate of drug-likeness (QED) is 0.151. The number of furan rings is 8. The molecule has 106 heavy (non-hydrogen) atoms. The molecule has 0 aliphatic heterocycles. The number of pyridine rings is 4. The Balaban J connectivity index is 0.000000103. The second-order valence-electron chi connectivity index (χ2n) is 27.8. The van der Waals surface area contributed by atoms with E-state index in [1.54, 1.807) is 18.3 Å². The fraction of sp³-hybridized carbons (Fsp3) is 0.128. The molecule has 0 fully saturated rings. The Kier molecular flexibility index (Phi) is 14.7. The van der Waals surface area contributed by atoms with Crippen molar-refractivity contribution in [3.8, 4) is 56.2 Å². The third-order valence-corrected chi connectivity index (χ3v) is 20.8. The topological polar surface area (TPSA) is 121 Å². The summed E-state index contributed by atoms with van der Waals surface area (Å²) in [6.45, 7) is 9.51. The summed E-state index contributed by atoms with van der Waals surface area (Å²) in [5.74, 6) is 0.515. The molecule has 21 rings (SSSR count). The summed E-state index contributed by atoms with van der Waals surface area (Å²) >= 11 is 0. The van der Waals surface area contributed by atoms with Crippen molar-refractivity contribution in [1.29, 1.82) is 0 Å². The number of rotatable bonds is 6. The van der Waals surface area contributed by atoms with Crippen LogP contribution in [-0.4, -0.2) is 0 Å². The Bertz CT molecular complexity index is 7260. The van der Waals surface area contributed by atoms with Gasteiger partial charge >= 0.3 is 0 Å². The van der Waals surface area contributed by atoms with E-state index in [0.717, 1.165) is 137 Å². The van der Waals surface area contributed by atoms with Crippen molar-refractivity contribution in [3.63, 3.8) is 0 Å². The number of aromatic nitrogens is 4. The summed E-state index contributed by atoms with van der Waals surface area (Å²) in [6.07, 6.45) is 8.05. The molecule has 0 saturated heterocycles. The fourth-order valence-corrected chi connectivity index (χ4v) is 15.3. The lowest BCUT2D eigenvalue weighted by Gasteiger charge is -2.09. The summed E-state index contributed by atoms with van der Waals surface area (Å²) < 4.78 is 88.6. The lowest BCUT2D eigenvalue weighted by atomic mass is 9.97. The van der Waals surface area contributed by atoms with E-state index in [0.29, 0.717) is 34.3 Å². The van der Waals surface area contributed by atoms with Crippen molar-refractivity contribution in [1.82, 2.24) is 0 Å². The molecular weight excluding hydrogens is 1310 g/mol. The standard InChI is InChI=1S/C27H20NO2.C24H22NO2.C22H18NO2.C21H16NO2/c1-17-12-13-21-25-20-10-6-7-11-23(20)29-27(25)30-26(21)24(17)22-16-19(14-15-28(22)2)18-8-4-3-5-9-18;1-14(2)16-11-12-25(4)19(13-16)21-15(3)9-10-18-22-17-7-5-6-8-20(17)26-24(22)27-23(18)21;1-13-8-9-23(3)18(10-13)16-12-20-17(11-14(16)2)21-15-6-4-5-7-19(15)24-22(21)25-20;1-13-11-16-19(12-15(13)17-8-5-6-10-22(17)2)24-21-20(16)14-7-3-4-9-18(14)23-21/h3-16H,1-2H3;5-14H,1-4H3;4-12H,1-3H3;3-12H,1-2H3/q4*+1/i;1D3,14D;;. The summed E-state index contributed by atoms with van der Waals surface area (Å²) in [4.78, 5) is 0. The fourth-order valence-electron chi connectivity index (χ4n) is 15.3. The van der Waals surface area contributed by atoms with Crippen LogP contribution in [0, 0.1) is 34.6 Å². The Morgan fingerprint density at radius 3 is 1.21 bits per heavy atom. The second kappa shape index (κ2) is 25.7. The molecule has 12 nitrogen and oxygen atoms in total. The van der Waals surface area contributed by atoms with Gasteiger partial charge in [-0.1, -0.05) is 141 Å². The number of hydrogen-bond acceptors (Lipinski definition) is 8. The molecule has 0 aliphatic carbocycles. The molecule has 21 aromatic rings. The molecular formula is C94H76N4O8+4. The van der Waals surface area contributed by atoms with Crippen LogP contribution in [0.5, 0.6) is 0 Å². The maximum atomic E-state index is 8.51. The summed E-state index contributed by atoms with van der Waals surface area (Å²) in [5, 5.41) is 12.6. The SMILES string of the molecule is Cc1cc2c(cc1-c1cccc[n+]1C)oc1oc3ccccc3c12.Cc1cc[n+](C)c(-c2cc3oc4oc5ccccc5c4c3cc2C)c1.Cc1ccc2c(oc3oc4ccccc4c32)c1-c1cc(-c2ccccc2)cc[n+]1C.[2H]C([2H])([2H])C([2H])(C)c1cc[n+](C)c(-c2c(C)ccc3c2oc2oc4ccccc4c23)c1. The van der Waals surface area contributed by atoms with Crippen LogP contribution in [0.25, 0.3) is 189 Å². The molecule has 1 unspecified atom stereocenters. The van der Waals surface area contributed by atoms with Gasteiger partial charge in [0.05, 0.1) is 43.8 Å². The van der Waals surface area contributed by atoms with E-state index >= 15 is 0 Å². The summed E-state index contributed by atoms with van der Waals surface area (Å²) in [6, 6.07) is 77.9. The highest BCUT2D eigenvalue weighted by molar-refractivity contribution is 6.22. The van der Waals surface area contributed by atoms with E-state index in [1.807, 2.05) is 122 Å². The molecule has 0 aliphatic rings. The number of hydrogen-bond donors (Lipinski definition) is 0. The molecule has 0 amide bonds. The first-order valence-corrected chi connectivity index (χ1v) is 35.5. The van der Waals surface area contributed by atoms with Gasteiger partial charge in [-0.3, -0.25) is 0 Å². The van der Waals surface area contributed by atoms with Crippen LogP contribution in [-0.2, 0) is 28.2 Å². The molecule has 0 radical (unpaired) electrons. The average molecular weight is 1390 g/mol. The van der Waals surface area contributed by atoms with Crippen molar-refractivity contribution in [2.24, 2.45) is 28.2 Å². The molecule has 0 N–H and O–H groups in total. The molecule has 0 saturated carbocycles. The average Bonchev–Trinajstić information content (AvgIpc) is 1.58. The zero-order valence-corrected chi connectivity index (χ0v) is 60.3. The van der Waals surface area contributed by atoms with Crippen LogP contribution < -0.4 is 18.3 Å². The van der Waals surface area contributed by atoms with E-state index in [1.165, 1.54) is 57.1 Å². The highest BCUT2D eigenvalue weighted by atomic mass is 16.5. The summed E-state index contributed by atoms with van der Waals surface area (Å²) in [7, 11) is 8.10. The van der Waals surface area contributed by atoms with Crippen LogP contribution >= 0.6 is 0 Å². The Morgan fingerprint density at radius 2 is 0.708 bits per heavy atom. The van der Waals surface area contributed by atoms with E-state index < -0.39 is 12.7 Å². The van der Waals surface area contributed by atoms with Gasteiger partial charge in [0.15, 0.2) is 36.0 Å². The largest absolute Gasteiger partial charge is 0.425 e. The Hall–Kier alpha value is -13.1. The second-order valence-corrected chi connectivity index (χ2v) is 27.8. The van der Waals surface area contributed by atoms with E-state index in [2.05, 4.69) is 196 Å². The first-order valence-electron chi connectivity index (χ1n) is 37.5. The van der Waals surface area contributed by atoms with Gasteiger partial charge in [-0.25, -0.2) is 18.3 Å². The number of para-hydroxylation sites is 4.